The summed E-state index contributed by atoms with van der Waals surface area (Å²) in [5.74, 6) is -0.965. The molecule has 0 bridgehead atoms. The molecular weight excluding hydrogens is 296 g/mol. The Kier molecular flexibility index (Phi) is 5.09. The number of hydrogen-bond acceptors (Lipinski definition) is 4. The molecule has 2 amide bonds. The maximum atomic E-state index is 12.2. The van der Waals surface area contributed by atoms with Crippen LogP contribution in [0.5, 0.6) is 0 Å². The number of esters is 1. The SMILES string of the molecule is COC(=O)c1ccc(C(=O)Nc2cccc(NC(C)=O)c2)cc1. The van der Waals surface area contributed by atoms with Gasteiger partial charge in [-0.25, -0.2) is 4.79 Å². The Morgan fingerprint density at radius 2 is 1.43 bits per heavy atom. The molecule has 6 nitrogen and oxygen atoms in total. The molecule has 0 saturated heterocycles. The van der Waals surface area contributed by atoms with Crippen LogP contribution in [0.3, 0.4) is 0 Å². The van der Waals surface area contributed by atoms with Crippen LogP contribution >= 0.6 is 0 Å². The number of methoxy groups -OCH3 is 1. The Hall–Kier alpha value is -3.15. The minimum absolute atomic E-state index is 0.188. The number of benzene rings is 2. The van der Waals surface area contributed by atoms with Crippen molar-refractivity contribution >= 4 is 29.2 Å². The van der Waals surface area contributed by atoms with Crippen molar-refractivity contribution in [2.75, 3.05) is 17.7 Å². The molecule has 0 fully saturated rings. The Labute approximate surface area is 133 Å². The number of rotatable bonds is 4. The van der Waals surface area contributed by atoms with Gasteiger partial charge in [0.1, 0.15) is 0 Å². The van der Waals surface area contributed by atoms with E-state index in [9.17, 15) is 14.4 Å². The average molecular weight is 312 g/mol. The summed E-state index contributed by atoms with van der Waals surface area (Å²) in [4.78, 5) is 34.6. The van der Waals surface area contributed by atoms with Crippen molar-refractivity contribution in [3.05, 3.63) is 59.7 Å². The van der Waals surface area contributed by atoms with E-state index in [0.717, 1.165) is 0 Å². The van der Waals surface area contributed by atoms with E-state index >= 15 is 0 Å². The molecule has 0 heterocycles. The monoisotopic (exact) mass is 312 g/mol. The third kappa shape index (κ3) is 4.41. The van der Waals surface area contributed by atoms with Crippen molar-refractivity contribution in [1.82, 2.24) is 0 Å². The van der Waals surface area contributed by atoms with Gasteiger partial charge in [0.15, 0.2) is 0 Å². The van der Waals surface area contributed by atoms with Gasteiger partial charge in [-0.3, -0.25) is 9.59 Å². The number of ether oxygens (including phenoxy) is 1. The Morgan fingerprint density at radius 3 is 2.00 bits per heavy atom. The Bertz CT molecular complexity index is 739. The predicted molar refractivity (Wildman–Crippen MR) is 86.5 cm³/mol. The van der Waals surface area contributed by atoms with E-state index in [-0.39, 0.29) is 11.8 Å². The van der Waals surface area contributed by atoms with E-state index in [4.69, 9.17) is 0 Å². The summed E-state index contributed by atoms with van der Waals surface area (Å²) in [6.07, 6.45) is 0. The van der Waals surface area contributed by atoms with Gasteiger partial charge < -0.3 is 15.4 Å². The van der Waals surface area contributed by atoms with Crippen LogP contribution in [0.4, 0.5) is 11.4 Å². The van der Waals surface area contributed by atoms with E-state index in [1.165, 1.54) is 26.2 Å². The first-order valence-electron chi connectivity index (χ1n) is 6.87. The molecule has 2 N–H and O–H groups in total. The van der Waals surface area contributed by atoms with Gasteiger partial charge in [-0.15, -0.1) is 0 Å². The van der Waals surface area contributed by atoms with Crippen molar-refractivity contribution in [1.29, 1.82) is 0 Å². The Morgan fingerprint density at radius 1 is 0.870 bits per heavy atom. The molecule has 0 atom stereocenters. The lowest BCUT2D eigenvalue weighted by molar-refractivity contribution is -0.114. The van der Waals surface area contributed by atoms with Crippen LogP contribution in [0.25, 0.3) is 0 Å². The van der Waals surface area contributed by atoms with Crippen LogP contribution in [0.1, 0.15) is 27.6 Å². The fourth-order valence-corrected chi connectivity index (χ4v) is 1.96. The molecule has 0 aliphatic rings. The fraction of sp³-hybridized carbons (Fsp3) is 0.118. The third-order valence-corrected chi connectivity index (χ3v) is 3.01. The first kappa shape index (κ1) is 16.2. The molecule has 2 rings (SSSR count). The first-order chi connectivity index (χ1) is 11.0. The third-order valence-electron chi connectivity index (χ3n) is 3.01. The molecule has 0 aromatic heterocycles. The molecule has 6 heteroatoms. The van der Waals surface area contributed by atoms with Crippen molar-refractivity contribution in [3.8, 4) is 0 Å². The highest BCUT2D eigenvalue weighted by molar-refractivity contribution is 6.05. The van der Waals surface area contributed by atoms with Gasteiger partial charge in [0.2, 0.25) is 5.91 Å². The summed E-state index contributed by atoms with van der Waals surface area (Å²) in [5, 5.41) is 5.37. The van der Waals surface area contributed by atoms with Crippen LogP contribution < -0.4 is 10.6 Å². The van der Waals surface area contributed by atoms with Crippen molar-refractivity contribution < 1.29 is 19.1 Å². The number of hydrogen-bond donors (Lipinski definition) is 2. The van der Waals surface area contributed by atoms with Crippen LogP contribution in [0, 0.1) is 0 Å². The fourth-order valence-electron chi connectivity index (χ4n) is 1.96. The zero-order valence-electron chi connectivity index (χ0n) is 12.8. The summed E-state index contributed by atoms with van der Waals surface area (Å²) in [5.41, 5.74) is 1.92. The molecule has 0 unspecified atom stereocenters. The first-order valence-corrected chi connectivity index (χ1v) is 6.87. The quantitative estimate of drug-likeness (QED) is 0.850. The maximum absolute atomic E-state index is 12.2. The number of amides is 2. The lowest BCUT2D eigenvalue weighted by Gasteiger charge is -2.08. The summed E-state index contributed by atoms with van der Waals surface area (Å²) in [7, 11) is 1.30. The Balaban J connectivity index is 2.09. The van der Waals surface area contributed by atoms with Gasteiger partial charge in [0, 0.05) is 23.9 Å². The second kappa shape index (κ2) is 7.22. The van der Waals surface area contributed by atoms with Crippen LogP contribution in [-0.2, 0) is 9.53 Å². The molecule has 118 valence electrons. The molecule has 0 aliphatic carbocycles. The zero-order chi connectivity index (χ0) is 16.8. The maximum Gasteiger partial charge on any atom is 0.337 e. The van der Waals surface area contributed by atoms with Crippen molar-refractivity contribution in [2.24, 2.45) is 0 Å². The van der Waals surface area contributed by atoms with E-state index < -0.39 is 5.97 Å². The van der Waals surface area contributed by atoms with E-state index in [1.807, 2.05) is 0 Å². The van der Waals surface area contributed by atoms with E-state index in [2.05, 4.69) is 15.4 Å². The minimum atomic E-state index is -0.458. The normalized spacial score (nSPS) is 9.83. The summed E-state index contributed by atoms with van der Waals surface area (Å²) in [6, 6.07) is 12.9. The molecule has 0 radical (unpaired) electrons. The van der Waals surface area contributed by atoms with Gasteiger partial charge in [-0.2, -0.15) is 0 Å². The summed E-state index contributed by atoms with van der Waals surface area (Å²) in [6.45, 7) is 1.41. The van der Waals surface area contributed by atoms with Gasteiger partial charge in [-0.05, 0) is 42.5 Å². The van der Waals surface area contributed by atoms with Crippen LogP contribution in [-0.4, -0.2) is 24.9 Å². The summed E-state index contributed by atoms with van der Waals surface area (Å²) >= 11 is 0. The topological polar surface area (TPSA) is 84.5 Å². The van der Waals surface area contributed by atoms with Crippen molar-refractivity contribution in [3.63, 3.8) is 0 Å². The average Bonchev–Trinajstić information content (AvgIpc) is 2.54. The highest BCUT2D eigenvalue weighted by Crippen LogP contribution is 2.16. The minimum Gasteiger partial charge on any atom is -0.465 e. The molecular formula is C17H16N2O4. The molecule has 0 spiro atoms. The lowest BCUT2D eigenvalue weighted by atomic mass is 10.1. The van der Waals surface area contributed by atoms with Gasteiger partial charge in [-0.1, -0.05) is 6.07 Å². The molecule has 0 saturated carbocycles. The van der Waals surface area contributed by atoms with Crippen LogP contribution in [0.2, 0.25) is 0 Å². The largest absolute Gasteiger partial charge is 0.465 e. The second-order valence-electron chi connectivity index (χ2n) is 4.79. The number of carbonyl (C=O) groups excluding carboxylic acids is 3. The van der Waals surface area contributed by atoms with Crippen molar-refractivity contribution in [2.45, 2.75) is 6.92 Å². The smallest absolute Gasteiger partial charge is 0.337 e. The highest BCUT2D eigenvalue weighted by atomic mass is 16.5. The highest BCUT2D eigenvalue weighted by Gasteiger charge is 2.09. The lowest BCUT2D eigenvalue weighted by Crippen LogP contribution is -2.13. The van der Waals surface area contributed by atoms with Crippen LogP contribution in [0.15, 0.2) is 48.5 Å². The number of nitrogens with one attached hydrogen (secondary N) is 2. The van der Waals surface area contributed by atoms with Gasteiger partial charge in [0.05, 0.1) is 12.7 Å². The van der Waals surface area contributed by atoms with E-state index in [0.29, 0.717) is 22.5 Å². The predicted octanol–water partition coefficient (Wildman–Crippen LogP) is 2.68. The van der Waals surface area contributed by atoms with E-state index in [1.54, 1.807) is 36.4 Å². The number of anilines is 2. The summed E-state index contributed by atoms with van der Waals surface area (Å²) < 4.78 is 4.60. The molecule has 2 aromatic carbocycles. The standard InChI is InChI=1S/C17H16N2O4/c1-11(20)18-14-4-3-5-15(10-14)19-16(21)12-6-8-13(9-7-12)17(22)23-2/h3-10H,1-2H3,(H,18,20)(H,19,21). The molecule has 23 heavy (non-hydrogen) atoms. The zero-order valence-corrected chi connectivity index (χ0v) is 12.8. The molecule has 2 aromatic rings. The van der Waals surface area contributed by atoms with Gasteiger partial charge >= 0.3 is 5.97 Å². The second-order valence-corrected chi connectivity index (χ2v) is 4.79. The molecule has 0 aliphatic heterocycles. The van der Waals surface area contributed by atoms with Gasteiger partial charge in [0.25, 0.3) is 5.91 Å². The number of carbonyl (C=O) groups is 3.